The van der Waals surface area contributed by atoms with Crippen LogP contribution >= 0.6 is 0 Å². The molecule has 0 unspecified atom stereocenters. The number of aryl methyl sites for hydroxylation is 1. The van der Waals surface area contributed by atoms with Gasteiger partial charge in [0, 0.05) is 0 Å². The second kappa shape index (κ2) is 4.16. The first-order chi connectivity index (χ1) is 6.58. The Labute approximate surface area is 78.1 Å². The number of carbonyl (C=O) groups is 2. The number of nitrogens with zero attached hydrogens (tertiary/aromatic N) is 4. The molecule has 0 saturated carbocycles. The molecule has 1 aromatic rings. The van der Waals surface area contributed by atoms with Crippen molar-refractivity contribution in [3.63, 3.8) is 0 Å². The number of tetrazole rings is 1. The highest BCUT2D eigenvalue weighted by Crippen LogP contribution is 1.90. The zero-order valence-electron chi connectivity index (χ0n) is 7.26. The van der Waals surface area contributed by atoms with E-state index in [1.165, 1.54) is 7.05 Å². The number of carboxylic acid groups (broad SMARTS) is 1. The van der Waals surface area contributed by atoms with Crippen LogP contribution in [0.25, 0.3) is 0 Å². The van der Waals surface area contributed by atoms with Crippen LogP contribution in [-0.4, -0.2) is 43.9 Å². The van der Waals surface area contributed by atoms with E-state index in [0.29, 0.717) is 0 Å². The van der Waals surface area contributed by atoms with Gasteiger partial charge in [-0.1, -0.05) is 5.10 Å². The molecule has 0 atom stereocenters. The van der Waals surface area contributed by atoms with E-state index in [2.05, 4.69) is 26.0 Å². The standard InChI is InChI=1S/C5H8N6O3/c1-11-9-4(8-10-11)7-5(14)6-2-3(12)13/h2H2,1H3,(H,12,13)(H2,6,7,9,14). The Hall–Kier alpha value is -2.19. The molecule has 0 radical (unpaired) electrons. The molecule has 9 nitrogen and oxygen atoms in total. The Kier molecular flexibility index (Phi) is 2.94. The minimum absolute atomic E-state index is 0.00962. The molecule has 1 heterocycles. The average Bonchev–Trinajstić information content (AvgIpc) is 2.48. The van der Waals surface area contributed by atoms with Gasteiger partial charge >= 0.3 is 12.0 Å². The summed E-state index contributed by atoms with van der Waals surface area (Å²) >= 11 is 0. The summed E-state index contributed by atoms with van der Waals surface area (Å²) in [6.45, 7) is -0.466. The van der Waals surface area contributed by atoms with Gasteiger partial charge in [-0.3, -0.25) is 10.1 Å². The second-order valence-corrected chi connectivity index (χ2v) is 2.30. The molecule has 0 aliphatic carbocycles. The number of urea groups is 1. The maximum absolute atomic E-state index is 10.9. The number of carbonyl (C=O) groups excluding carboxylic acids is 1. The average molecular weight is 200 g/mol. The highest BCUT2D eigenvalue weighted by atomic mass is 16.4. The largest absolute Gasteiger partial charge is 0.480 e. The van der Waals surface area contributed by atoms with E-state index < -0.39 is 18.5 Å². The highest BCUT2D eigenvalue weighted by Gasteiger charge is 2.06. The van der Waals surface area contributed by atoms with E-state index in [-0.39, 0.29) is 5.95 Å². The first-order valence-electron chi connectivity index (χ1n) is 3.58. The minimum Gasteiger partial charge on any atom is -0.480 e. The molecule has 9 heteroatoms. The van der Waals surface area contributed by atoms with Crippen LogP contribution in [0.1, 0.15) is 0 Å². The van der Waals surface area contributed by atoms with Gasteiger partial charge in [0.2, 0.25) is 0 Å². The summed E-state index contributed by atoms with van der Waals surface area (Å²) in [7, 11) is 1.54. The van der Waals surface area contributed by atoms with Crippen molar-refractivity contribution in [1.82, 2.24) is 25.5 Å². The van der Waals surface area contributed by atoms with Crippen molar-refractivity contribution >= 4 is 17.9 Å². The SMILES string of the molecule is Cn1nnc(NC(=O)NCC(=O)O)n1. The monoisotopic (exact) mass is 200 g/mol. The number of amides is 2. The molecule has 3 N–H and O–H groups in total. The second-order valence-electron chi connectivity index (χ2n) is 2.30. The number of rotatable bonds is 3. The van der Waals surface area contributed by atoms with Crippen molar-refractivity contribution in [3.05, 3.63) is 0 Å². The Morgan fingerprint density at radius 3 is 2.79 bits per heavy atom. The lowest BCUT2D eigenvalue weighted by Gasteiger charge is -2.00. The van der Waals surface area contributed by atoms with Gasteiger partial charge in [-0.15, -0.1) is 5.10 Å². The van der Waals surface area contributed by atoms with Gasteiger partial charge < -0.3 is 10.4 Å². The number of aromatic nitrogens is 4. The van der Waals surface area contributed by atoms with Gasteiger partial charge in [-0.2, -0.15) is 4.80 Å². The molecule has 1 rings (SSSR count). The first kappa shape index (κ1) is 9.89. The van der Waals surface area contributed by atoms with Gasteiger partial charge in [0.15, 0.2) is 0 Å². The van der Waals surface area contributed by atoms with E-state index in [4.69, 9.17) is 5.11 Å². The van der Waals surface area contributed by atoms with Crippen LogP contribution in [0.4, 0.5) is 10.7 Å². The zero-order chi connectivity index (χ0) is 10.6. The summed E-state index contributed by atoms with van der Waals surface area (Å²) in [5, 5.41) is 23.1. The summed E-state index contributed by atoms with van der Waals surface area (Å²) < 4.78 is 0. The Morgan fingerprint density at radius 1 is 1.57 bits per heavy atom. The molecule has 0 aliphatic heterocycles. The number of hydrogen-bond donors (Lipinski definition) is 3. The van der Waals surface area contributed by atoms with Crippen molar-refractivity contribution in [2.75, 3.05) is 11.9 Å². The highest BCUT2D eigenvalue weighted by molar-refractivity contribution is 5.89. The Bertz CT molecular complexity index is 347. The van der Waals surface area contributed by atoms with Crippen molar-refractivity contribution in [1.29, 1.82) is 0 Å². The van der Waals surface area contributed by atoms with E-state index in [1.54, 1.807) is 0 Å². The van der Waals surface area contributed by atoms with Gasteiger partial charge in [-0.25, -0.2) is 4.79 Å². The molecule has 0 aliphatic rings. The molecule has 0 spiro atoms. The van der Waals surface area contributed by atoms with E-state index >= 15 is 0 Å². The van der Waals surface area contributed by atoms with Crippen LogP contribution in [-0.2, 0) is 11.8 Å². The number of nitrogens with one attached hydrogen (secondary N) is 2. The van der Waals surface area contributed by atoms with Crippen molar-refractivity contribution < 1.29 is 14.7 Å². The predicted molar refractivity (Wildman–Crippen MR) is 43.5 cm³/mol. The lowest BCUT2D eigenvalue weighted by Crippen LogP contribution is -2.33. The lowest BCUT2D eigenvalue weighted by molar-refractivity contribution is -0.135. The van der Waals surface area contributed by atoms with Gasteiger partial charge in [-0.05, 0) is 5.21 Å². The van der Waals surface area contributed by atoms with E-state index in [9.17, 15) is 9.59 Å². The third kappa shape index (κ3) is 3.05. The summed E-state index contributed by atoms with van der Waals surface area (Å²) in [5.74, 6) is -1.12. The van der Waals surface area contributed by atoms with Crippen LogP contribution in [0, 0.1) is 0 Å². The van der Waals surface area contributed by atoms with Crippen LogP contribution in [0.2, 0.25) is 0 Å². The van der Waals surface area contributed by atoms with Gasteiger partial charge in [0.25, 0.3) is 5.95 Å². The lowest BCUT2D eigenvalue weighted by atomic mass is 10.6. The van der Waals surface area contributed by atoms with Gasteiger partial charge in [0.1, 0.15) is 6.54 Å². The molecule has 76 valence electrons. The van der Waals surface area contributed by atoms with E-state index in [0.717, 1.165) is 4.80 Å². The molecule has 0 aromatic carbocycles. The van der Waals surface area contributed by atoms with Crippen LogP contribution in [0.3, 0.4) is 0 Å². The van der Waals surface area contributed by atoms with Crippen LogP contribution in [0.5, 0.6) is 0 Å². The minimum atomic E-state index is -1.13. The fraction of sp³-hybridized carbons (Fsp3) is 0.400. The molecular formula is C5H8N6O3. The third-order valence-corrected chi connectivity index (χ3v) is 1.13. The topological polar surface area (TPSA) is 122 Å². The van der Waals surface area contributed by atoms with Gasteiger partial charge in [0.05, 0.1) is 7.05 Å². The third-order valence-electron chi connectivity index (χ3n) is 1.13. The molecule has 0 fully saturated rings. The van der Waals surface area contributed by atoms with Crippen LogP contribution < -0.4 is 10.6 Å². The normalized spacial score (nSPS) is 9.50. The van der Waals surface area contributed by atoms with E-state index in [1.807, 2.05) is 0 Å². The predicted octanol–water partition coefficient (Wildman–Crippen LogP) is -1.58. The Balaban J connectivity index is 2.37. The number of carboxylic acids is 1. The summed E-state index contributed by atoms with van der Waals surface area (Å²) in [4.78, 5) is 22.2. The fourth-order valence-corrected chi connectivity index (χ4v) is 0.636. The summed E-state index contributed by atoms with van der Waals surface area (Å²) in [6, 6.07) is -0.694. The molecule has 0 saturated heterocycles. The van der Waals surface area contributed by atoms with Crippen molar-refractivity contribution in [2.24, 2.45) is 7.05 Å². The zero-order valence-corrected chi connectivity index (χ0v) is 7.26. The first-order valence-corrected chi connectivity index (χ1v) is 3.58. The molecule has 1 aromatic heterocycles. The maximum atomic E-state index is 10.9. The summed E-state index contributed by atoms with van der Waals surface area (Å²) in [6.07, 6.45) is 0. The van der Waals surface area contributed by atoms with Crippen LogP contribution in [0.15, 0.2) is 0 Å². The van der Waals surface area contributed by atoms with Crippen molar-refractivity contribution in [2.45, 2.75) is 0 Å². The molecule has 2 amide bonds. The summed E-state index contributed by atoms with van der Waals surface area (Å²) in [5.41, 5.74) is 0. The molecule has 14 heavy (non-hydrogen) atoms. The Morgan fingerprint density at radius 2 is 2.29 bits per heavy atom. The number of hydrogen-bond acceptors (Lipinski definition) is 5. The van der Waals surface area contributed by atoms with Crippen molar-refractivity contribution in [3.8, 4) is 0 Å². The number of anilines is 1. The molecular weight excluding hydrogens is 192 g/mol. The molecule has 0 bridgehead atoms. The smallest absolute Gasteiger partial charge is 0.323 e. The quantitative estimate of drug-likeness (QED) is 0.541. The fourth-order valence-electron chi connectivity index (χ4n) is 0.636. The maximum Gasteiger partial charge on any atom is 0.323 e. The number of aliphatic carboxylic acids is 1.